The molecule has 2 aliphatic heterocycles. The molecule has 20 heavy (non-hydrogen) atoms. The Morgan fingerprint density at radius 3 is 2.60 bits per heavy atom. The molecule has 106 valence electrons. The van der Waals surface area contributed by atoms with Crippen LogP contribution in [-0.4, -0.2) is 54.4 Å². The van der Waals surface area contributed by atoms with Crippen LogP contribution in [0.25, 0.3) is 0 Å². The SMILES string of the molecule is COc1ccc(C(=O)N2CC[C@@H]3[C@@H]2CC(=O)N3C)cc1. The van der Waals surface area contributed by atoms with Gasteiger partial charge in [0.05, 0.1) is 19.2 Å². The first-order valence-corrected chi connectivity index (χ1v) is 6.82. The molecule has 0 spiro atoms. The van der Waals surface area contributed by atoms with Crippen LogP contribution in [0.2, 0.25) is 0 Å². The first-order valence-electron chi connectivity index (χ1n) is 6.82. The molecule has 0 bridgehead atoms. The highest BCUT2D eigenvalue weighted by atomic mass is 16.5. The van der Waals surface area contributed by atoms with Gasteiger partial charge in [-0.15, -0.1) is 0 Å². The second-order valence-electron chi connectivity index (χ2n) is 5.36. The molecule has 0 aliphatic carbocycles. The van der Waals surface area contributed by atoms with Crippen LogP contribution in [0.5, 0.6) is 5.75 Å². The lowest BCUT2D eigenvalue weighted by Crippen LogP contribution is -2.38. The third kappa shape index (κ3) is 1.94. The Morgan fingerprint density at radius 2 is 1.95 bits per heavy atom. The number of methoxy groups -OCH3 is 1. The molecule has 0 unspecified atom stereocenters. The van der Waals surface area contributed by atoms with Crippen molar-refractivity contribution >= 4 is 11.8 Å². The Balaban J connectivity index is 1.79. The van der Waals surface area contributed by atoms with Crippen LogP contribution in [-0.2, 0) is 4.79 Å². The highest BCUT2D eigenvalue weighted by Gasteiger charge is 2.46. The zero-order valence-corrected chi connectivity index (χ0v) is 11.7. The summed E-state index contributed by atoms with van der Waals surface area (Å²) in [7, 11) is 3.43. The van der Waals surface area contributed by atoms with Gasteiger partial charge in [0.1, 0.15) is 5.75 Å². The van der Waals surface area contributed by atoms with E-state index in [4.69, 9.17) is 4.74 Å². The number of carbonyl (C=O) groups is 2. The van der Waals surface area contributed by atoms with Gasteiger partial charge in [-0.3, -0.25) is 9.59 Å². The van der Waals surface area contributed by atoms with Crippen molar-refractivity contribution in [1.82, 2.24) is 9.80 Å². The second kappa shape index (κ2) is 4.81. The predicted octanol–water partition coefficient (Wildman–Crippen LogP) is 1.14. The maximum atomic E-state index is 12.6. The van der Waals surface area contributed by atoms with Crippen LogP contribution in [0.3, 0.4) is 0 Å². The summed E-state index contributed by atoms with van der Waals surface area (Å²) in [5.41, 5.74) is 0.647. The summed E-state index contributed by atoms with van der Waals surface area (Å²) in [6.07, 6.45) is 1.32. The molecule has 0 saturated carbocycles. The van der Waals surface area contributed by atoms with Gasteiger partial charge >= 0.3 is 0 Å². The van der Waals surface area contributed by atoms with Gasteiger partial charge in [-0.2, -0.15) is 0 Å². The lowest BCUT2D eigenvalue weighted by atomic mass is 10.1. The van der Waals surface area contributed by atoms with E-state index >= 15 is 0 Å². The summed E-state index contributed by atoms with van der Waals surface area (Å²) >= 11 is 0. The third-order valence-corrected chi connectivity index (χ3v) is 4.38. The number of rotatable bonds is 2. The normalized spacial score (nSPS) is 25.0. The molecule has 2 saturated heterocycles. The highest BCUT2D eigenvalue weighted by Crippen LogP contribution is 2.32. The van der Waals surface area contributed by atoms with Crippen LogP contribution in [0, 0.1) is 0 Å². The number of benzene rings is 1. The number of likely N-dealkylation sites (N-methyl/N-ethyl adjacent to an activating group) is 1. The van der Waals surface area contributed by atoms with Crippen molar-refractivity contribution in [2.45, 2.75) is 24.9 Å². The molecule has 0 N–H and O–H groups in total. The first-order chi connectivity index (χ1) is 9.61. The molecule has 2 atom stereocenters. The molecule has 2 heterocycles. The second-order valence-corrected chi connectivity index (χ2v) is 5.36. The number of amides is 2. The van der Waals surface area contributed by atoms with Gasteiger partial charge < -0.3 is 14.5 Å². The number of ether oxygens (including phenoxy) is 1. The number of likely N-dealkylation sites (tertiary alicyclic amines) is 2. The van der Waals surface area contributed by atoms with Gasteiger partial charge in [-0.1, -0.05) is 0 Å². The fourth-order valence-electron chi connectivity index (χ4n) is 3.19. The van der Waals surface area contributed by atoms with Crippen LogP contribution in [0.15, 0.2) is 24.3 Å². The minimum Gasteiger partial charge on any atom is -0.497 e. The van der Waals surface area contributed by atoms with Gasteiger partial charge in [0.25, 0.3) is 5.91 Å². The predicted molar refractivity (Wildman–Crippen MR) is 73.6 cm³/mol. The monoisotopic (exact) mass is 274 g/mol. The molecule has 1 aromatic rings. The van der Waals surface area contributed by atoms with E-state index in [2.05, 4.69) is 0 Å². The summed E-state index contributed by atoms with van der Waals surface area (Å²) in [6, 6.07) is 7.33. The van der Waals surface area contributed by atoms with E-state index in [1.165, 1.54) is 0 Å². The third-order valence-electron chi connectivity index (χ3n) is 4.38. The molecule has 2 aliphatic rings. The molecule has 0 radical (unpaired) electrons. The molecule has 1 aromatic carbocycles. The summed E-state index contributed by atoms with van der Waals surface area (Å²) < 4.78 is 5.10. The number of hydrogen-bond acceptors (Lipinski definition) is 3. The van der Waals surface area contributed by atoms with Crippen molar-refractivity contribution < 1.29 is 14.3 Å². The standard InChI is InChI=1S/C15H18N2O3/c1-16-12-7-8-17(13(12)9-14(16)18)15(19)10-3-5-11(20-2)6-4-10/h3-6,12-13H,7-9H2,1-2H3/t12-,13+/m1/s1. The molecular formula is C15H18N2O3. The fourth-order valence-corrected chi connectivity index (χ4v) is 3.19. The number of nitrogens with zero attached hydrogens (tertiary/aromatic N) is 2. The Kier molecular flexibility index (Phi) is 3.12. The van der Waals surface area contributed by atoms with Crippen molar-refractivity contribution in [1.29, 1.82) is 0 Å². The van der Waals surface area contributed by atoms with Crippen molar-refractivity contribution in [3.05, 3.63) is 29.8 Å². The van der Waals surface area contributed by atoms with E-state index in [-0.39, 0.29) is 23.9 Å². The molecule has 5 heteroatoms. The van der Waals surface area contributed by atoms with Gasteiger partial charge in [0.15, 0.2) is 0 Å². The van der Waals surface area contributed by atoms with E-state index in [0.29, 0.717) is 12.0 Å². The minimum absolute atomic E-state index is 0.00301. The highest BCUT2D eigenvalue weighted by molar-refractivity contribution is 5.95. The molecule has 2 amide bonds. The van der Waals surface area contributed by atoms with Gasteiger partial charge in [0.2, 0.25) is 5.91 Å². The zero-order valence-electron chi connectivity index (χ0n) is 11.7. The molecule has 3 rings (SSSR count). The van der Waals surface area contributed by atoms with E-state index in [1.807, 2.05) is 11.9 Å². The Labute approximate surface area is 118 Å². The minimum atomic E-state index is 0.00301. The maximum Gasteiger partial charge on any atom is 0.254 e. The van der Waals surface area contributed by atoms with Crippen molar-refractivity contribution in [3.8, 4) is 5.75 Å². The average Bonchev–Trinajstić information content (AvgIpc) is 3.00. The van der Waals surface area contributed by atoms with E-state index in [9.17, 15) is 9.59 Å². The summed E-state index contributed by atoms with van der Waals surface area (Å²) in [5.74, 6) is 0.868. The van der Waals surface area contributed by atoms with Crippen LogP contribution >= 0.6 is 0 Å². The molecule has 2 fully saturated rings. The lowest BCUT2D eigenvalue weighted by molar-refractivity contribution is -0.127. The Bertz CT molecular complexity index is 541. The van der Waals surface area contributed by atoms with E-state index in [0.717, 1.165) is 18.7 Å². The van der Waals surface area contributed by atoms with Crippen molar-refractivity contribution in [2.24, 2.45) is 0 Å². The van der Waals surface area contributed by atoms with Crippen molar-refractivity contribution in [3.63, 3.8) is 0 Å². The number of hydrogen-bond donors (Lipinski definition) is 0. The molecular weight excluding hydrogens is 256 g/mol. The smallest absolute Gasteiger partial charge is 0.254 e. The summed E-state index contributed by atoms with van der Waals surface area (Å²) in [4.78, 5) is 27.9. The zero-order chi connectivity index (χ0) is 14.3. The quantitative estimate of drug-likeness (QED) is 0.812. The topological polar surface area (TPSA) is 49.9 Å². The van der Waals surface area contributed by atoms with Crippen LogP contribution < -0.4 is 4.74 Å². The van der Waals surface area contributed by atoms with Crippen LogP contribution in [0.1, 0.15) is 23.2 Å². The van der Waals surface area contributed by atoms with Crippen molar-refractivity contribution in [2.75, 3.05) is 20.7 Å². The molecule has 0 aromatic heterocycles. The van der Waals surface area contributed by atoms with Gasteiger partial charge in [-0.25, -0.2) is 0 Å². The number of carbonyl (C=O) groups excluding carboxylic acids is 2. The van der Waals surface area contributed by atoms with E-state index < -0.39 is 0 Å². The first kappa shape index (κ1) is 13.0. The van der Waals surface area contributed by atoms with Crippen LogP contribution in [0.4, 0.5) is 0 Å². The maximum absolute atomic E-state index is 12.6. The Hall–Kier alpha value is -2.04. The Morgan fingerprint density at radius 1 is 1.25 bits per heavy atom. The summed E-state index contributed by atoms with van der Waals surface area (Å²) in [5, 5.41) is 0. The fraction of sp³-hybridized carbons (Fsp3) is 0.467. The van der Waals surface area contributed by atoms with Gasteiger partial charge in [-0.05, 0) is 30.7 Å². The largest absolute Gasteiger partial charge is 0.497 e. The van der Waals surface area contributed by atoms with Gasteiger partial charge in [0, 0.05) is 25.6 Å². The van der Waals surface area contributed by atoms with E-state index in [1.54, 1.807) is 36.3 Å². The lowest BCUT2D eigenvalue weighted by Gasteiger charge is -2.23. The molecule has 5 nitrogen and oxygen atoms in total. The summed E-state index contributed by atoms with van der Waals surface area (Å²) in [6.45, 7) is 0.720. The average molecular weight is 274 g/mol. The number of fused-ring (bicyclic) bond motifs is 1.